The molecule has 3 N–H and O–H groups in total. The molecular weight excluding hydrogens is 449 g/mol. The first-order valence-corrected chi connectivity index (χ1v) is 11.1. The third kappa shape index (κ3) is 5.68. The van der Waals surface area contributed by atoms with Gasteiger partial charge in [0.15, 0.2) is 5.13 Å². The van der Waals surface area contributed by atoms with Crippen LogP contribution in [0.2, 0.25) is 0 Å². The highest BCUT2D eigenvalue weighted by molar-refractivity contribution is 7.19. The van der Waals surface area contributed by atoms with Crippen LogP contribution in [0, 0.1) is 0 Å². The number of rotatable bonds is 8. The van der Waals surface area contributed by atoms with E-state index in [1.54, 1.807) is 13.3 Å². The topological polar surface area (TPSA) is 73.1 Å². The molecule has 0 aliphatic rings. The quantitative estimate of drug-likeness (QED) is 0.354. The van der Waals surface area contributed by atoms with Crippen LogP contribution in [0.3, 0.4) is 0 Å². The second-order valence-electron chi connectivity index (χ2n) is 7.71. The lowest BCUT2D eigenvalue weighted by Gasteiger charge is -2.13. The van der Waals surface area contributed by atoms with Gasteiger partial charge in [-0.3, -0.25) is 4.98 Å². The van der Waals surface area contributed by atoms with Gasteiger partial charge in [-0.1, -0.05) is 35.6 Å². The van der Waals surface area contributed by atoms with Crippen molar-refractivity contribution in [3.8, 4) is 10.4 Å². The first kappa shape index (κ1) is 23.2. The third-order valence-corrected chi connectivity index (χ3v) is 6.28. The molecule has 0 aliphatic heterocycles. The van der Waals surface area contributed by atoms with Crippen LogP contribution in [0.1, 0.15) is 16.8 Å². The van der Waals surface area contributed by atoms with E-state index in [4.69, 9.17) is 10.5 Å². The first-order valence-electron chi connectivity index (χ1n) is 10.3. The highest BCUT2D eigenvalue weighted by Crippen LogP contribution is 2.35. The Morgan fingerprint density at radius 1 is 1.09 bits per heavy atom. The molecule has 5 nitrogen and oxygen atoms in total. The Hall–Kier alpha value is -3.01. The molecule has 0 saturated carbocycles. The number of fused-ring (bicyclic) bond motifs is 1. The van der Waals surface area contributed by atoms with Crippen LogP contribution in [-0.4, -0.2) is 29.7 Å². The van der Waals surface area contributed by atoms with Crippen LogP contribution >= 0.6 is 11.3 Å². The van der Waals surface area contributed by atoms with Crippen molar-refractivity contribution in [2.75, 3.05) is 19.0 Å². The smallest absolute Gasteiger partial charge is 0.378 e. The lowest BCUT2D eigenvalue weighted by molar-refractivity contribution is -0.137. The molecule has 0 aliphatic carbocycles. The number of ether oxygens (including phenoxy) is 1. The van der Waals surface area contributed by atoms with Crippen molar-refractivity contribution in [3.05, 3.63) is 77.7 Å². The number of hydrogen-bond acceptors (Lipinski definition) is 6. The van der Waals surface area contributed by atoms with Gasteiger partial charge in [-0.2, -0.15) is 13.2 Å². The number of anilines is 1. The molecule has 0 fully saturated rings. The normalized spacial score (nSPS) is 12.8. The van der Waals surface area contributed by atoms with E-state index in [2.05, 4.69) is 21.4 Å². The average Bonchev–Trinajstić information content (AvgIpc) is 3.20. The van der Waals surface area contributed by atoms with Crippen molar-refractivity contribution in [2.45, 2.75) is 25.2 Å². The Balaban J connectivity index is 1.44. The van der Waals surface area contributed by atoms with Gasteiger partial charge in [0.1, 0.15) is 0 Å². The van der Waals surface area contributed by atoms with Gasteiger partial charge < -0.3 is 15.8 Å². The molecule has 0 amide bonds. The summed E-state index contributed by atoms with van der Waals surface area (Å²) >= 11 is 1.52. The van der Waals surface area contributed by atoms with Gasteiger partial charge in [0.2, 0.25) is 0 Å². The van der Waals surface area contributed by atoms with Crippen molar-refractivity contribution in [3.63, 3.8) is 0 Å². The Labute approximate surface area is 193 Å². The minimum atomic E-state index is -4.34. The molecule has 2 heterocycles. The van der Waals surface area contributed by atoms with E-state index < -0.39 is 11.7 Å². The molecule has 2 aromatic carbocycles. The minimum absolute atomic E-state index is 0.284. The molecule has 0 bridgehead atoms. The Morgan fingerprint density at radius 2 is 1.88 bits per heavy atom. The fourth-order valence-electron chi connectivity index (χ4n) is 3.54. The molecule has 0 radical (unpaired) electrons. The first-order chi connectivity index (χ1) is 15.8. The van der Waals surface area contributed by atoms with E-state index in [1.807, 2.05) is 24.4 Å². The summed E-state index contributed by atoms with van der Waals surface area (Å²) in [6.07, 6.45) is -0.299. The standard InChI is InChI=1S/C24H23F3N4OS/c1-32-14-21-22(17-4-5-18-12-29-9-8-16(18)11-17)33-23(31-21)30-13-20(28)10-15-2-6-19(7-3-15)24(25,26)27/h2-9,11-12,20H,10,13-14,28H2,1H3,(H,30,31)/t20-/m1/s1. The van der Waals surface area contributed by atoms with Gasteiger partial charge in [-0.15, -0.1) is 0 Å². The Bertz CT molecular complexity index is 1220. The highest BCUT2D eigenvalue weighted by atomic mass is 32.1. The zero-order chi connectivity index (χ0) is 23.4. The van der Waals surface area contributed by atoms with Crippen LogP contribution in [0.4, 0.5) is 18.3 Å². The monoisotopic (exact) mass is 472 g/mol. The summed E-state index contributed by atoms with van der Waals surface area (Å²) < 4.78 is 43.5. The number of nitrogens with two attached hydrogens (primary N) is 1. The van der Waals surface area contributed by atoms with E-state index in [0.717, 1.165) is 49.7 Å². The molecule has 0 saturated heterocycles. The van der Waals surface area contributed by atoms with Gasteiger partial charge in [-0.25, -0.2) is 4.98 Å². The van der Waals surface area contributed by atoms with E-state index in [9.17, 15) is 13.2 Å². The zero-order valence-electron chi connectivity index (χ0n) is 17.9. The number of nitrogens with one attached hydrogen (secondary N) is 1. The summed E-state index contributed by atoms with van der Waals surface area (Å²) in [5.41, 5.74) is 8.18. The maximum Gasteiger partial charge on any atom is 0.416 e. The van der Waals surface area contributed by atoms with Crippen LogP contribution in [0.5, 0.6) is 0 Å². The van der Waals surface area contributed by atoms with Gasteiger partial charge in [0.05, 0.1) is 22.7 Å². The maximum atomic E-state index is 12.7. The number of halogens is 3. The number of hydrogen-bond donors (Lipinski definition) is 2. The molecular formula is C24H23F3N4OS. The van der Waals surface area contributed by atoms with E-state index in [0.29, 0.717) is 19.6 Å². The summed E-state index contributed by atoms with van der Waals surface area (Å²) in [5, 5.41) is 6.13. The van der Waals surface area contributed by atoms with E-state index in [-0.39, 0.29) is 6.04 Å². The van der Waals surface area contributed by atoms with Crippen LogP contribution in [0.25, 0.3) is 21.2 Å². The van der Waals surface area contributed by atoms with Crippen LogP contribution in [-0.2, 0) is 23.9 Å². The van der Waals surface area contributed by atoms with E-state index in [1.165, 1.54) is 23.5 Å². The highest BCUT2D eigenvalue weighted by Gasteiger charge is 2.30. The van der Waals surface area contributed by atoms with Crippen molar-refractivity contribution in [1.82, 2.24) is 9.97 Å². The molecule has 0 unspecified atom stereocenters. The van der Waals surface area contributed by atoms with Crippen LogP contribution in [0.15, 0.2) is 60.9 Å². The molecule has 0 spiro atoms. The SMILES string of the molecule is COCc1nc(NC[C@H](N)Cc2ccc(C(F)(F)F)cc2)sc1-c1ccc2cnccc2c1. The van der Waals surface area contributed by atoms with Gasteiger partial charge in [-0.05, 0) is 47.2 Å². The average molecular weight is 473 g/mol. The molecule has 33 heavy (non-hydrogen) atoms. The Morgan fingerprint density at radius 3 is 2.61 bits per heavy atom. The van der Waals surface area contributed by atoms with E-state index >= 15 is 0 Å². The summed E-state index contributed by atoms with van der Waals surface area (Å²) in [7, 11) is 1.63. The number of alkyl halides is 3. The summed E-state index contributed by atoms with van der Waals surface area (Å²) in [6.45, 7) is 0.809. The van der Waals surface area contributed by atoms with Gasteiger partial charge in [0.25, 0.3) is 0 Å². The molecule has 4 aromatic rings. The van der Waals surface area contributed by atoms with Gasteiger partial charge in [0, 0.05) is 37.5 Å². The largest absolute Gasteiger partial charge is 0.416 e. The zero-order valence-corrected chi connectivity index (χ0v) is 18.7. The molecule has 9 heteroatoms. The fourth-order valence-corrected chi connectivity index (χ4v) is 4.51. The second kappa shape index (κ2) is 9.86. The van der Waals surface area contributed by atoms with Crippen molar-refractivity contribution in [1.29, 1.82) is 0 Å². The molecule has 172 valence electrons. The summed E-state index contributed by atoms with van der Waals surface area (Å²) in [4.78, 5) is 9.82. The number of methoxy groups -OCH3 is 1. The number of pyridine rings is 1. The molecule has 1 atom stereocenters. The van der Waals surface area contributed by atoms with Crippen molar-refractivity contribution in [2.24, 2.45) is 5.73 Å². The summed E-state index contributed by atoms with van der Waals surface area (Å²) in [6, 6.07) is 13.0. The Kier molecular flexibility index (Phi) is 6.92. The fraction of sp³-hybridized carbons (Fsp3) is 0.250. The number of aromatic nitrogens is 2. The second-order valence-corrected chi connectivity index (χ2v) is 8.70. The number of thiazole rings is 1. The van der Waals surface area contributed by atoms with Crippen molar-refractivity contribution >= 4 is 27.2 Å². The third-order valence-electron chi connectivity index (χ3n) is 5.18. The predicted octanol–water partition coefficient (Wildman–Crippen LogP) is 5.51. The molecule has 2 aromatic heterocycles. The van der Waals surface area contributed by atoms with Crippen LogP contribution < -0.4 is 11.1 Å². The molecule has 4 rings (SSSR count). The van der Waals surface area contributed by atoms with Gasteiger partial charge >= 0.3 is 6.18 Å². The summed E-state index contributed by atoms with van der Waals surface area (Å²) in [5.74, 6) is 0. The lowest BCUT2D eigenvalue weighted by atomic mass is 10.0. The minimum Gasteiger partial charge on any atom is -0.378 e. The lowest BCUT2D eigenvalue weighted by Crippen LogP contribution is -2.31. The predicted molar refractivity (Wildman–Crippen MR) is 125 cm³/mol. The van der Waals surface area contributed by atoms with Crippen molar-refractivity contribution < 1.29 is 17.9 Å². The number of benzene rings is 2. The maximum absolute atomic E-state index is 12.7. The number of nitrogens with zero attached hydrogens (tertiary/aromatic N) is 2.